The quantitative estimate of drug-likeness (QED) is 0.837. The lowest BCUT2D eigenvalue weighted by Gasteiger charge is -2.28. The molecule has 122 valence electrons. The van der Waals surface area contributed by atoms with Gasteiger partial charge in [0.25, 0.3) is 10.0 Å². The largest absolute Gasteiger partial charge is 0.276 e. The molecule has 5 heteroatoms. The third-order valence-corrected chi connectivity index (χ3v) is 5.82. The van der Waals surface area contributed by atoms with E-state index in [9.17, 15) is 8.42 Å². The lowest BCUT2D eigenvalue weighted by Crippen LogP contribution is -2.29. The Labute approximate surface area is 134 Å². The van der Waals surface area contributed by atoms with E-state index in [2.05, 4.69) is 23.8 Å². The van der Waals surface area contributed by atoms with Crippen molar-refractivity contribution in [1.29, 1.82) is 0 Å². The average molecular weight is 322 g/mol. The van der Waals surface area contributed by atoms with Gasteiger partial charge in [-0.25, -0.2) is 4.83 Å². The van der Waals surface area contributed by atoms with Crippen LogP contribution in [-0.2, 0) is 10.0 Å². The van der Waals surface area contributed by atoms with Gasteiger partial charge in [0.05, 0.1) is 4.90 Å². The lowest BCUT2D eigenvalue weighted by atomic mass is 9.78. The molecular formula is C17H26N2O2S. The van der Waals surface area contributed by atoms with E-state index in [1.165, 1.54) is 6.42 Å². The van der Waals surface area contributed by atoms with Crippen LogP contribution in [-0.4, -0.2) is 14.1 Å². The molecular weight excluding hydrogens is 296 g/mol. The number of nitrogens with one attached hydrogen (secondary N) is 1. The monoisotopic (exact) mass is 322 g/mol. The molecule has 0 amide bonds. The van der Waals surface area contributed by atoms with Crippen molar-refractivity contribution in [1.82, 2.24) is 4.83 Å². The third kappa shape index (κ3) is 4.09. The molecule has 1 aliphatic carbocycles. The number of aryl methyl sites for hydroxylation is 1. The summed E-state index contributed by atoms with van der Waals surface area (Å²) in [5.41, 5.74) is 2.05. The predicted molar refractivity (Wildman–Crippen MR) is 90.3 cm³/mol. The van der Waals surface area contributed by atoms with Gasteiger partial charge in [-0.05, 0) is 44.2 Å². The minimum Gasteiger partial charge on any atom is -0.200 e. The zero-order valence-electron chi connectivity index (χ0n) is 13.7. The molecule has 1 fully saturated rings. The minimum atomic E-state index is -3.57. The number of hydrogen-bond acceptors (Lipinski definition) is 3. The zero-order valence-corrected chi connectivity index (χ0v) is 14.5. The first-order valence-corrected chi connectivity index (χ1v) is 9.57. The van der Waals surface area contributed by atoms with Gasteiger partial charge in [-0.1, -0.05) is 44.4 Å². The van der Waals surface area contributed by atoms with Crippen molar-refractivity contribution in [3.05, 3.63) is 29.8 Å². The van der Waals surface area contributed by atoms with E-state index in [4.69, 9.17) is 0 Å². The molecule has 0 bridgehead atoms. The van der Waals surface area contributed by atoms with Gasteiger partial charge in [-0.3, -0.25) is 0 Å². The molecule has 0 spiro atoms. The Kier molecular flexibility index (Phi) is 5.62. The maximum absolute atomic E-state index is 12.3. The molecule has 1 saturated carbocycles. The summed E-state index contributed by atoms with van der Waals surface area (Å²) in [5, 5.41) is 4.28. The molecule has 2 atom stereocenters. The lowest BCUT2D eigenvalue weighted by molar-refractivity contribution is 0.379. The summed E-state index contributed by atoms with van der Waals surface area (Å²) >= 11 is 0. The molecule has 22 heavy (non-hydrogen) atoms. The van der Waals surface area contributed by atoms with E-state index in [-0.39, 0.29) is 4.90 Å². The summed E-state index contributed by atoms with van der Waals surface area (Å²) in [7, 11) is -3.57. The fourth-order valence-corrected chi connectivity index (χ4v) is 3.78. The summed E-state index contributed by atoms with van der Waals surface area (Å²) in [6.45, 7) is 6.33. The highest BCUT2D eigenvalue weighted by atomic mass is 32.2. The maximum Gasteiger partial charge on any atom is 0.276 e. The summed E-state index contributed by atoms with van der Waals surface area (Å²) in [6.07, 6.45) is 5.40. The second-order valence-electron chi connectivity index (χ2n) is 6.25. The molecule has 1 aliphatic rings. The summed E-state index contributed by atoms with van der Waals surface area (Å²) in [5.74, 6) is 0.947. The molecule has 2 rings (SSSR count). The number of hydrogen-bond donors (Lipinski definition) is 1. The van der Waals surface area contributed by atoms with E-state index in [0.29, 0.717) is 11.8 Å². The average Bonchev–Trinajstić information content (AvgIpc) is 2.53. The van der Waals surface area contributed by atoms with Crippen molar-refractivity contribution in [3.8, 4) is 0 Å². The molecule has 0 aromatic heterocycles. The Bertz CT molecular complexity index is 621. The Balaban J connectivity index is 2.16. The molecule has 4 nitrogen and oxygen atoms in total. The topological polar surface area (TPSA) is 58.5 Å². The van der Waals surface area contributed by atoms with E-state index < -0.39 is 10.0 Å². The van der Waals surface area contributed by atoms with Gasteiger partial charge < -0.3 is 0 Å². The Hall–Kier alpha value is -1.36. The van der Waals surface area contributed by atoms with Crippen LogP contribution in [0.4, 0.5) is 0 Å². The van der Waals surface area contributed by atoms with Crippen LogP contribution < -0.4 is 4.83 Å². The van der Waals surface area contributed by atoms with Crippen molar-refractivity contribution < 1.29 is 8.42 Å². The Morgan fingerprint density at radius 1 is 1.27 bits per heavy atom. The number of rotatable bonds is 5. The number of nitrogens with zero attached hydrogens (tertiary/aromatic N) is 1. The number of benzene rings is 1. The molecule has 0 heterocycles. The van der Waals surface area contributed by atoms with Crippen LogP contribution in [0.3, 0.4) is 0 Å². The van der Waals surface area contributed by atoms with Crippen LogP contribution in [0.5, 0.6) is 0 Å². The first-order valence-electron chi connectivity index (χ1n) is 8.09. The molecule has 0 aliphatic heterocycles. The van der Waals surface area contributed by atoms with Crippen molar-refractivity contribution in [2.24, 2.45) is 16.9 Å². The van der Waals surface area contributed by atoms with Gasteiger partial charge in [-0.2, -0.15) is 13.5 Å². The van der Waals surface area contributed by atoms with Gasteiger partial charge in [-0.15, -0.1) is 0 Å². The first kappa shape index (κ1) is 17.0. The molecule has 1 N–H and O–H groups in total. The standard InChI is InChI=1S/C17H26N2O2S/c1-4-14(3)16-7-5-6-8-17(16)18-19-22(20,21)15-11-9-13(2)10-12-15/h9-12,14,16,19H,4-8H2,1-3H3/b18-17-/t14-,16+/m0/s1. The molecule has 0 radical (unpaired) electrons. The van der Waals surface area contributed by atoms with Gasteiger partial charge in [0.1, 0.15) is 0 Å². The van der Waals surface area contributed by atoms with Crippen molar-refractivity contribution in [2.45, 2.75) is 57.8 Å². The normalized spacial score (nSPS) is 22.5. The van der Waals surface area contributed by atoms with E-state index in [1.807, 2.05) is 6.92 Å². The maximum atomic E-state index is 12.3. The second-order valence-corrected chi connectivity index (χ2v) is 7.91. The zero-order chi connectivity index (χ0) is 16.2. The van der Waals surface area contributed by atoms with Crippen molar-refractivity contribution >= 4 is 15.7 Å². The molecule has 0 saturated heterocycles. The van der Waals surface area contributed by atoms with Crippen LogP contribution in [0.1, 0.15) is 51.5 Å². The van der Waals surface area contributed by atoms with Crippen LogP contribution in [0.15, 0.2) is 34.3 Å². The predicted octanol–water partition coefficient (Wildman–Crippen LogP) is 3.87. The van der Waals surface area contributed by atoms with Gasteiger partial charge in [0, 0.05) is 11.6 Å². The highest BCUT2D eigenvalue weighted by molar-refractivity contribution is 7.89. The van der Waals surface area contributed by atoms with Crippen LogP contribution in [0, 0.1) is 18.8 Å². The van der Waals surface area contributed by atoms with Crippen LogP contribution in [0.2, 0.25) is 0 Å². The minimum absolute atomic E-state index is 0.262. The van der Waals surface area contributed by atoms with Crippen molar-refractivity contribution in [3.63, 3.8) is 0 Å². The van der Waals surface area contributed by atoms with Crippen LogP contribution >= 0.6 is 0 Å². The molecule has 0 unspecified atom stereocenters. The van der Waals surface area contributed by atoms with Gasteiger partial charge >= 0.3 is 0 Å². The second kappa shape index (κ2) is 7.27. The summed E-state index contributed by atoms with van der Waals surface area (Å²) in [4.78, 5) is 2.70. The Morgan fingerprint density at radius 3 is 2.59 bits per heavy atom. The number of sulfonamides is 1. The number of hydrazone groups is 1. The van der Waals surface area contributed by atoms with Crippen LogP contribution in [0.25, 0.3) is 0 Å². The summed E-state index contributed by atoms with van der Waals surface area (Å²) < 4.78 is 24.6. The fraction of sp³-hybridized carbons (Fsp3) is 0.588. The first-order chi connectivity index (χ1) is 10.4. The van der Waals surface area contributed by atoms with Gasteiger partial charge in [0.2, 0.25) is 0 Å². The fourth-order valence-electron chi connectivity index (χ4n) is 2.95. The molecule has 1 aromatic rings. The Morgan fingerprint density at radius 2 is 1.95 bits per heavy atom. The van der Waals surface area contributed by atoms with Gasteiger partial charge in [0.15, 0.2) is 0 Å². The third-order valence-electron chi connectivity index (χ3n) is 4.60. The highest BCUT2D eigenvalue weighted by Crippen LogP contribution is 2.29. The molecule has 1 aromatic carbocycles. The van der Waals surface area contributed by atoms with E-state index >= 15 is 0 Å². The van der Waals surface area contributed by atoms with E-state index in [0.717, 1.165) is 37.0 Å². The van der Waals surface area contributed by atoms with Crippen molar-refractivity contribution in [2.75, 3.05) is 0 Å². The summed E-state index contributed by atoms with van der Waals surface area (Å²) in [6, 6.07) is 6.82. The SMILES string of the molecule is CC[C@H](C)[C@H]1CCCC/C1=N/NS(=O)(=O)c1ccc(C)cc1. The highest BCUT2D eigenvalue weighted by Gasteiger charge is 2.25. The smallest absolute Gasteiger partial charge is 0.200 e. The van der Waals surface area contributed by atoms with E-state index in [1.54, 1.807) is 24.3 Å².